The van der Waals surface area contributed by atoms with E-state index in [2.05, 4.69) is 9.55 Å². The second kappa shape index (κ2) is 5.73. The molecule has 2 aromatic heterocycles. The number of methoxy groups -OCH3 is 1. The Balaban J connectivity index is 1.81. The molecule has 1 aliphatic rings. The van der Waals surface area contributed by atoms with Gasteiger partial charge in [-0.1, -0.05) is 0 Å². The molecule has 0 bridgehead atoms. The highest BCUT2D eigenvalue weighted by Crippen LogP contribution is 2.27. The maximum absolute atomic E-state index is 12.4. The maximum Gasteiger partial charge on any atom is 0.290 e. The quantitative estimate of drug-likeness (QED) is 0.862. The Morgan fingerprint density at radius 2 is 2.38 bits per heavy atom. The van der Waals surface area contributed by atoms with Gasteiger partial charge in [0.05, 0.1) is 18.9 Å². The predicted molar refractivity (Wildman–Crippen MR) is 76.0 cm³/mol. The highest BCUT2D eigenvalue weighted by Gasteiger charge is 2.31. The topological polar surface area (TPSA) is 60.5 Å². The fraction of sp³-hybridized carbons (Fsp3) is 0.467. The first-order valence-corrected chi connectivity index (χ1v) is 7.10. The molecule has 0 aliphatic carbocycles. The molecule has 6 heteroatoms. The van der Waals surface area contributed by atoms with Crippen LogP contribution in [0.1, 0.15) is 35.0 Å². The van der Waals surface area contributed by atoms with E-state index in [0.717, 1.165) is 24.5 Å². The van der Waals surface area contributed by atoms with Crippen LogP contribution >= 0.6 is 0 Å². The Bertz CT molecular complexity index is 618. The van der Waals surface area contributed by atoms with Crippen molar-refractivity contribution in [3.63, 3.8) is 0 Å². The van der Waals surface area contributed by atoms with Gasteiger partial charge in [-0.25, -0.2) is 4.98 Å². The first-order valence-electron chi connectivity index (χ1n) is 7.10. The molecule has 0 radical (unpaired) electrons. The number of furan rings is 1. The summed E-state index contributed by atoms with van der Waals surface area (Å²) in [4.78, 5) is 18.7. The lowest BCUT2D eigenvalue weighted by atomic mass is 10.2. The van der Waals surface area contributed by atoms with Crippen LogP contribution in [0.5, 0.6) is 0 Å². The third-order valence-corrected chi connectivity index (χ3v) is 3.93. The predicted octanol–water partition coefficient (Wildman–Crippen LogP) is 1.88. The summed E-state index contributed by atoms with van der Waals surface area (Å²) in [6.45, 7) is 4.09. The van der Waals surface area contributed by atoms with Crippen LogP contribution in [0, 0.1) is 0 Å². The smallest absolute Gasteiger partial charge is 0.290 e. The van der Waals surface area contributed by atoms with E-state index >= 15 is 0 Å². The average Bonchev–Trinajstić information content (AvgIpc) is 3.15. The Morgan fingerprint density at radius 1 is 1.52 bits per heavy atom. The normalized spacial score (nSPS) is 17.8. The highest BCUT2D eigenvalue weighted by molar-refractivity contribution is 5.91. The van der Waals surface area contributed by atoms with Crippen molar-refractivity contribution in [1.82, 2.24) is 14.5 Å². The van der Waals surface area contributed by atoms with Crippen LogP contribution in [0.2, 0.25) is 0 Å². The number of carbonyl (C=O) groups is 1. The minimum absolute atomic E-state index is 0.0624. The first-order chi connectivity index (χ1) is 10.2. The molecule has 1 atom stereocenters. The first kappa shape index (κ1) is 13.9. The van der Waals surface area contributed by atoms with Crippen molar-refractivity contribution in [3.05, 3.63) is 41.9 Å². The van der Waals surface area contributed by atoms with E-state index in [9.17, 15) is 4.79 Å². The van der Waals surface area contributed by atoms with Crippen LogP contribution in [-0.4, -0.2) is 40.6 Å². The molecule has 0 aromatic carbocycles. The summed E-state index contributed by atoms with van der Waals surface area (Å²) in [5.41, 5.74) is 1.16. The molecular weight excluding hydrogens is 270 g/mol. The Hall–Kier alpha value is -2.08. The molecule has 0 saturated carbocycles. The number of imidazole rings is 1. The van der Waals surface area contributed by atoms with Gasteiger partial charge in [0, 0.05) is 38.5 Å². The Morgan fingerprint density at radius 3 is 3.10 bits per heavy atom. The fourth-order valence-electron chi connectivity index (χ4n) is 2.78. The third-order valence-electron chi connectivity index (χ3n) is 3.93. The molecule has 2 aromatic rings. The summed E-state index contributed by atoms with van der Waals surface area (Å²) in [5.74, 6) is 1.22. The molecule has 6 nitrogen and oxygen atoms in total. The molecule has 0 saturated heterocycles. The van der Waals surface area contributed by atoms with Gasteiger partial charge in [0.25, 0.3) is 5.91 Å². The molecule has 1 aliphatic heterocycles. The van der Waals surface area contributed by atoms with Crippen LogP contribution in [0.15, 0.2) is 29.0 Å². The van der Waals surface area contributed by atoms with E-state index in [0.29, 0.717) is 18.9 Å². The van der Waals surface area contributed by atoms with Gasteiger partial charge < -0.3 is 18.6 Å². The Labute approximate surface area is 123 Å². The van der Waals surface area contributed by atoms with Crippen molar-refractivity contribution >= 4 is 5.91 Å². The SMILES string of the molecule is COCCc1cnc2n1CCN(C(=O)c1ccco1)C2C. The summed E-state index contributed by atoms with van der Waals surface area (Å²) in [6, 6.07) is 3.36. The van der Waals surface area contributed by atoms with Crippen LogP contribution in [0.3, 0.4) is 0 Å². The van der Waals surface area contributed by atoms with E-state index in [1.165, 1.54) is 6.26 Å². The van der Waals surface area contributed by atoms with Crippen molar-refractivity contribution in [3.8, 4) is 0 Å². The second-order valence-corrected chi connectivity index (χ2v) is 5.15. The van der Waals surface area contributed by atoms with Crippen molar-refractivity contribution in [2.24, 2.45) is 0 Å². The zero-order chi connectivity index (χ0) is 14.8. The number of amides is 1. The zero-order valence-corrected chi connectivity index (χ0v) is 12.3. The molecule has 1 unspecified atom stereocenters. The summed E-state index contributed by atoms with van der Waals surface area (Å²) in [5, 5.41) is 0. The van der Waals surface area contributed by atoms with Crippen LogP contribution in [0.4, 0.5) is 0 Å². The molecule has 112 valence electrons. The standard InChI is InChI=1S/C15H19N3O3/c1-11-14-16-10-12(5-9-20-2)18(14)7-6-17(11)15(19)13-4-3-8-21-13/h3-4,8,10-11H,5-7,9H2,1-2H3. The number of ether oxygens (including phenoxy) is 1. The third kappa shape index (κ3) is 2.47. The van der Waals surface area contributed by atoms with Crippen LogP contribution < -0.4 is 0 Å². The summed E-state index contributed by atoms with van der Waals surface area (Å²) in [7, 11) is 1.69. The number of hydrogen-bond acceptors (Lipinski definition) is 4. The van der Waals surface area contributed by atoms with Gasteiger partial charge in [0.2, 0.25) is 0 Å². The van der Waals surface area contributed by atoms with E-state index in [1.54, 1.807) is 24.1 Å². The lowest BCUT2D eigenvalue weighted by Gasteiger charge is -2.33. The number of hydrogen-bond donors (Lipinski definition) is 0. The molecule has 3 rings (SSSR count). The molecule has 0 spiro atoms. The molecule has 0 fully saturated rings. The van der Waals surface area contributed by atoms with Gasteiger partial charge in [0.1, 0.15) is 5.82 Å². The zero-order valence-electron chi connectivity index (χ0n) is 12.3. The van der Waals surface area contributed by atoms with E-state index in [1.807, 2.05) is 13.1 Å². The molecule has 21 heavy (non-hydrogen) atoms. The Kier molecular flexibility index (Phi) is 3.79. The fourth-order valence-corrected chi connectivity index (χ4v) is 2.78. The average molecular weight is 289 g/mol. The number of rotatable bonds is 4. The maximum atomic E-state index is 12.4. The van der Waals surface area contributed by atoms with Crippen LogP contribution in [-0.2, 0) is 17.7 Å². The minimum Gasteiger partial charge on any atom is -0.459 e. The summed E-state index contributed by atoms with van der Waals surface area (Å²) in [6.07, 6.45) is 4.24. The van der Waals surface area contributed by atoms with Crippen molar-refractivity contribution in [2.45, 2.75) is 25.9 Å². The molecule has 0 N–H and O–H groups in total. The minimum atomic E-state index is -0.0832. The lowest BCUT2D eigenvalue weighted by Crippen LogP contribution is -2.41. The van der Waals surface area contributed by atoms with E-state index in [4.69, 9.17) is 9.15 Å². The van der Waals surface area contributed by atoms with Gasteiger partial charge in [-0.05, 0) is 19.1 Å². The van der Waals surface area contributed by atoms with Gasteiger partial charge >= 0.3 is 0 Å². The number of fused-ring (bicyclic) bond motifs is 1. The number of aromatic nitrogens is 2. The van der Waals surface area contributed by atoms with Crippen molar-refractivity contribution in [1.29, 1.82) is 0 Å². The van der Waals surface area contributed by atoms with Crippen LogP contribution in [0.25, 0.3) is 0 Å². The van der Waals surface area contributed by atoms with Gasteiger partial charge in [-0.2, -0.15) is 0 Å². The second-order valence-electron chi connectivity index (χ2n) is 5.15. The van der Waals surface area contributed by atoms with E-state index in [-0.39, 0.29) is 11.9 Å². The molecule has 3 heterocycles. The molecule has 1 amide bonds. The summed E-state index contributed by atoms with van der Waals surface area (Å²) < 4.78 is 12.5. The van der Waals surface area contributed by atoms with Gasteiger partial charge in [-0.3, -0.25) is 4.79 Å². The van der Waals surface area contributed by atoms with Crippen molar-refractivity contribution < 1.29 is 13.9 Å². The van der Waals surface area contributed by atoms with E-state index < -0.39 is 0 Å². The summed E-state index contributed by atoms with van der Waals surface area (Å²) >= 11 is 0. The monoisotopic (exact) mass is 289 g/mol. The highest BCUT2D eigenvalue weighted by atomic mass is 16.5. The van der Waals surface area contributed by atoms with Gasteiger partial charge in [0.15, 0.2) is 5.76 Å². The lowest BCUT2D eigenvalue weighted by molar-refractivity contribution is 0.0603. The van der Waals surface area contributed by atoms with Crippen molar-refractivity contribution in [2.75, 3.05) is 20.3 Å². The molecular formula is C15H19N3O3. The number of carbonyl (C=O) groups excluding carboxylic acids is 1. The largest absolute Gasteiger partial charge is 0.459 e. The van der Waals surface area contributed by atoms with Gasteiger partial charge in [-0.15, -0.1) is 0 Å². The number of nitrogens with zero attached hydrogens (tertiary/aromatic N) is 3.